The molecule has 0 unspecified atom stereocenters. The van der Waals surface area contributed by atoms with Crippen LogP contribution in [0.4, 0.5) is 17.1 Å². The highest BCUT2D eigenvalue weighted by atomic mass is 15.1. The van der Waals surface area contributed by atoms with Crippen molar-refractivity contribution >= 4 is 60.2 Å². The van der Waals surface area contributed by atoms with E-state index in [1.807, 2.05) is 0 Å². The summed E-state index contributed by atoms with van der Waals surface area (Å²) in [5.41, 5.74) is 14.4. The largest absolute Gasteiger partial charge is 0.310 e. The molecule has 0 saturated heterocycles. The van der Waals surface area contributed by atoms with Crippen molar-refractivity contribution in [1.82, 2.24) is 0 Å². The van der Waals surface area contributed by atoms with E-state index in [-0.39, 0.29) is 10.8 Å². The molecule has 2 aliphatic rings. The van der Waals surface area contributed by atoms with E-state index >= 15 is 0 Å². The quantitative estimate of drug-likeness (QED) is 0.180. The van der Waals surface area contributed by atoms with Gasteiger partial charge in [0.15, 0.2) is 0 Å². The highest BCUT2D eigenvalue weighted by molar-refractivity contribution is 6.15. The van der Waals surface area contributed by atoms with Gasteiger partial charge in [-0.2, -0.15) is 0 Å². The number of benzene rings is 9. The van der Waals surface area contributed by atoms with Crippen molar-refractivity contribution < 1.29 is 0 Å². The molecule has 0 N–H and O–H groups in total. The summed E-state index contributed by atoms with van der Waals surface area (Å²) in [4.78, 5) is 2.49. The summed E-state index contributed by atoms with van der Waals surface area (Å²) < 4.78 is 0. The summed E-state index contributed by atoms with van der Waals surface area (Å²) >= 11 is 0. The van der Waals surface area contributed by atoms with Crippen LogP contribution in [-0.4, -0.2) is 0 Å². The van der Waals surface area contributed by atoms with Gasteiger partial charge >= 0.3 is 0 Å². The molecule has 0 spiro atoms. The molecule has 9 aromatic rings. The smallest absolute Gasteiger partial charge is 0.0543 e. The summed E-state index contributed by atoms with van der Waals surface area (Å²) in [5.74, 6) is 0. The van der Waals surface area contributed by atoms with E-state index in [2.05, 4.69) is 196 Å². The second kappa shape index (κ2) is 10.7. The van der Waals surface area contributed by atoms with Gasteiger partial charge in [0.1, 0.15) is 0 Å². The summed E-state index contributed by atoms with van der Waals surface area (Å²) in [6, 6.07) is 61.3. The highest BCUT2D eigenvalue weighted by Gasteiger charge is 2.40. The molecule has 0 saturated carbocycles. The van der Waals surface area contributed by atoms with Crippen molar-refractivity contribution in [2.75, 3.05) is 4.90 Å². The maximum Gasteiger partial charge on any atom is 0.0543 e. The number of hydrogen-bond acceptors (Lipinski definition) is 1. The Kier molecular flexibility index (Phi) is 6.14. The predicted molar refractivity (Wildman–Crippen MR) is 226 cm³/mol. The van der Waals surface area contributed by atoms with Crippen LogP contribution in [0.1, 0.15) is 49.9 Å². The monoisotopic (exact) mass is 677 g/mol. The maximum absolute atomic E-state index is 2.50. The Bertz CT molecular complexity index is 3000. The first kappa shape index (κ1) is 30.4. The molecule has 252 valence electrons. The Morgan fingerprint density at radius 2 is 0.925 bits per heavy atom. The second-order valence-corrected chi connectivity index (χ2v) is 16.1. The zero-order valence-corrected chi connectivity index (χ0v) is 30.5. The Balaban J connectivity index is 1.16. The minimum absolute atomic E-state index is 0.115. The third-order valence-electron chi connectivity index (χ3n) is 12.6. The lowest BCUT2D eigenvalue weighted by molar-refractivity contribution is 0.661. The minimum Gasteiger partial charge on any atom is -0.310 e. The number of fused-ring (bicyclic) bond motifs is 14. The zero-order chi connectivity index (χ0) is 35.6. The first-order valence-corrected chi connectivity index (χ1v) is 18.9. The molecule has 0 atom stereocenters. The topological polar surface area (TPSA) is 3.24 Å². The third kappa shape index (κ3) is 4.08. The highest BCUT2D eigenvalue weighted by Crippen LogP contribution is 2.57. The molecule has 2 aliphatic carbocycles. The SMILES string of the molecule is CC1(C)c2ccc3ccccc3c2-c2c1cc(N(c1ccccc1)c1ccc3c4c(ccc3c1)-c1c(ccc3ccccc13)C4(C)C)c1ccccc21. The van der Waals surface area contributed by atoms with Gasteiger partial charge in [-0.05, 0) is 113 Å². The van der Waals surface area contributed by atoms with Gasteiger partial charge in [0.2, 0.25) is 0 Å². The number of rotatable bonds is 3. The van der Waals surface area contributed by atoms with Crippen LogP contribution in [-0.2, 0) is 10.8 Å². The van der Waals surface area contributed by atoms with E-state index in [9.17, 15) is 0 Å². The van der Waals surface area contributed by atoms with Crippen LogP contribution in [0.25, 0.3) is 65.3 Å². The van der Waals surface area contributed by atoms with E-state index in [0.717, 1.165) is 11.4 Å². The van der Waals surface area contributed by atoms with Crippen molar-refractivity contribution in [3.8, 4) is 22.3 Å². The van der Waals surface area contributed by atoms with E-state index < -0.39 is 0 Å². The minimum atomic E-state index is -0.162. The normalized spacial score (nSPS) is 14.7. The molecule has 1 heteroatoms. The van der Waals surface area contributed by atoms with Crippen LogP contribution in [0.3, 0.4) is 0 Å². The van der Waals surface area contributed by atoms with E-state index in [1.54, 1.807) is 0 Å². The van der Waals surface area contributed by atoms with Gasteiger partial charge in [0.25, 0.3) is 0 Å². The molecule has 0 amide bonds. The summed E-state index contributed by atoms with van der Waals surface area (Å²) in [6.07, 6.45) is 0. The summed E-state index contributed by atoms with van der Waals surface area (Å²) in [7, 11) is 0. The Morgan fingerprint density at radius 1 is 0.358 bits per heavy atom. The van der Waals surface area contributed by atoms with Gasteiger partial charge in [-0.1, -0.05) is 161 Å². The van der Waals surface area contributed by atoms with Gasteiger partial charge in [-0.3, -0.25) is 0 Å². The predicted octanol–water partition coefficient (Wildman–Crippen LogP) is 14.4. The Morgan fingerprint density at radius 3 is 1.64 bits per heavy atom. The first-order valence-electron chi connectivity index (χ1n) is 18.9. The van der Waals surface area contributed by atoms with E-state index in [1.165, 1.54) is 93.3 Å². The van der Waals surface area contributed by atoms with Crippen molar-refractivity contribution in [3.63, 3.8) is 0 Å². The molecule has 0 bridgehead atoms. The maximum atomic E-state index is 2.50. The molecule has 53 heavy (non-hydrogen) atoms. The van der Waals surface area contributed by atoms with E-state index in [0.29, 0.717) is 0 Å². The zero-order valence-electron chi connectivity index (χ0n) is 30.5. The Labute approximate surface area is 310 Å². The summed E-state index contributed by atoms with van der Waals surface area (Å²) in [5, 5.41) is 10.4. The van der Waals surface area contributed by atoms with Gasteiger partial charge < -0.3 is 4.90 Å². The fraction of sp³-hybridized carbons (Fsp3) is 0.115. The standard InChI is InChI=1S/C52H39N/c1-51(2)44-29-24-33-15-9-11-19-38(33)48(44)49-41-21-13-12-20-40(41)46(31-45(49)51)53(35-16-6-5-7-17-35)36-25-27-39-34(30-36)22-26-42-47-37-18-10-8-14-32(37)23-28-43(47)52(3,4)50(39)42/h5-31H,1-4H3. The molecular weight excluding hydrogens is 639 g/mol. The van der Waals surface area contributed by atoms with Crippen molar-refractivity contribution in [2.45, 2.75) is 38.5 Å². The number of para-hydroxylation sites is 1. The fourth-order valence-electron chi connectivity index (χ4n) is 10.1. The van der Waals surface area contributed by atoms with Gasteiger partial charge in [0, 0.05) is 27.6 Å². The number of anilines is 3. The molecule has 0 aliphatic heterocycles. The lowest BCUT2D eigenvalue weighted by Crippen LogP contribution is -2.17. The Hall–Kier alpha value is -6.18. The van der Waals surface area contributed by atoms with Gasteiger partial charge in [0.05, 0.1) is 5.69 Å². The average molecular weight is 678 g/mol. The first-order chi connectivity index (χ1) is 25.8. The molecule has 9 aromatic carbocycles. The van der Waals surface area contributed by atoms with Crippen molar-refractivity contribution in [3.05, 3.63) is 186 Å². The molecule has 11 rings (SSSR count). The molecule has 0 radical (unpaired) electrons. The van der Waals surface area contributed by atoms with Crippen LogP contribution in [0.15, 0.2) is 164 Å². The number of hydrogen-bond donors (Lipinski definition) is 0. The van der Waals surface area contributed by atoms with Crippen molar-refractivity contribution in [1.29, 1.82) is 0 Å². The van der Waals surface area contributed by atoms with Crippen molar-refractivity contribution in [2.24, 2.45) is 0 Å². The van der Waals surface area contributed by atoms with E-state index in [4.69, 9.17) is 0 Å². The average Bonchev–Trinajstić information content (AvgIpc) is 3.58. The summed E-state index contributed by atoms with van der Waals surface area (Å²) in [6.45, 7) is 9.60. The van der Waals surface area contributed by atoms with Crippen LogP contribution < -0.4 is 4.90 Å². The van der Waals surface area contributed by atoms with Gasteiger partial charge in [-0.15, -0.1) is 0 Å². The molecule has 0 heterocycles. The van der Waals surface area contributed by atoms with Crippen LogP contribution in [0, 0.1) is 0 Å². The second-order valence-electron chi connectivity index (χ2n) is 16.1. The van der Waals surface area contributed by atoms with Crippen LogP contribution in [0.5, 0.6) is 0 Å². The molecule has 1 nitrogen and oxygen atoms in total. The molecular formula is C52H39N. The lowest BCUT2D eigenvalue weighted by Gasteiger charge is -2.30. The number of nitrogens with zero attached hydrogens (tertiary/aromatic N) is 1. The fourth-order valence-corrected chi connectivity index (χ4v) is 10.1. The molecule has 0 fully saturated rings. The third-order valence-corrected chi connectivity index (χ3v) is 12.6. The van der Waals surface area contributed by atoms with Gasteiger partial charge in [-0.25, -0.2) is 0 Å². The van der Waals surface area contributed by atoms with Crippen LogP contribution in [0.2, 0.25) is 0 Å². The molecule has 0 aromatic heterocycles. The van der Waals surface area contributed by atoms with Crippen LogP contribution >= 0.6 is 0 Å². The lowest BCUT2D eigenvalue weighted by atomic mass is 9.80.